The van der Waals surface area contributed by atoms with Gasteiger partial charge in [-0.05, 0) is 54.8 Å². The van der Waals surface area contributed by atoms with Gasteiger partial charge in [0.25, 0.3) is 5.91 Å². The van der Waals surface area contributed by atoms with E-state index in [0.717, 1.165) is 18.4 Å². The van der Waals surface area contributed by atoms with Gasteiger partial charge < -0.3 is 14.7 Å². The number of carbonyl (C=O) groups excluding carboxylic acids is 1. The number of hydrogen-bond donors (Lipinski definition) is 1. The van der Waals surface area contributed by atoms with Gasteiger partial charge >= 0.3 is 5.97 Å². The summed E-state index contributed by atoms with van der Waals surface area (Å²) in [6.45, 7) is 0.160. The number of rotatable bonds is 7. The lowest BCUT2D eigenvalue weighted by atomic mass is 10.2. The lowest BCUT2D eigenvalue weighted by Crippen LogP contribution is -2.37. The number of benzene rings is 1. The van der Waals surface area contributed by atoms with Gasteiger partial charge in [-0.3, -0.25) is 14.6 Å². The van der Waals surface area contributed by atoms with E-state index in [1.54, 1.807) is 36.7 Å². The van der Waals surface area contributed by atoms with E-state index in [2.05, 4.69) is 4.98 Å². The van der Waals surface area contributed by atoms with Crippen LogP contribution in [0.25, 0.3) is 0 Å². The van der Waals surface area contributed by atoms with Gasteiger partial charge in [0.1, 0.15) is 18.9 Å². The number of carboxylic acids is 1. The zero-order valence-corrected chi connectivity index (χ0v) is 13.1. The van der Waals surface area contributed by atoms with Crippen molar-refractivity contribution in [1.29, 1.82) is 0 Å². The zero-order valence-electron chi connectivity index (χ0n) is 13.1. The Balaban J connectivity index is 1.62. The predicted octanol–water partition coefficient (Wildman–Crippen LogP) is 2.35. The van der Waals surface area contributed by atoms with Crippen molar-refractivity contribution in [2.75, 3.05) is 6.54 Å². The molecule has 0 atom stereocenters. The van der Waals surface area contributed by atoms with E-state index in [1.807, 2.05) is 12.1 Å². The molecule has 1 N–H and O–H groups in total. The van der Waals surface area contributed by atoms with Crippen molar-refractivity contribution in [3.63, 3.8) is 0 Å². The van der Waals surface area contributed by atoms with Crippen LogP contribution in [0.4, 0.5) is 0 Å². The highest BCUT2D eigenvalue weighted by Gasteiger charge is 2.34. The lowest BCUT2D eigenvalue weighted by Gasteiger charge is -2.20. The molecule has 1 saturated carbocycles. The number of amides is 1. The summed E-state index contributed by atoms with van der Waals surface area (Å²) in [4.78, 5) is 28.8. The van der Waals surface area contributed by atoms with E-state index >= 15 is 0 Å². The molecule has 1 amide bonds. The molecule has 1 heterocycles. The summed E-state index contributed by atoms with van der Waals surface area (Å²) < 4.78 is 5.66. The maximum atomic E-state index is 12.5. The van der Waals surface area contributed by atoms with Gasteiger partial charge in [-0.15, -0.1) is 0 Å². The molecule has 6 nitrogen and oxygen atoms in total. The average Bonchev–Trinajstić information content (AvgIpc) is 3.43. The third-order valence-corrected chi connectivity index (χ3v) is 3.81. The third kappa shape index (κ3) is 4.10. The van der Waals surface area contributed by atoms with E-state index in [0.29, 0.717) is 17.9 Å². The fourth-order valence-electron chi connectivity index (χ4n) is 2.40. The van der Waals surface area contributed by atoms with E-state index < -0.39 is 5.97 Å². The number of carbonyl (C=O) groups is 2. The van der Waals surface area contributed by atoms with Crippen molar-refractivity contribution in [3.8, 4) is 5.75 Å². The summed E-state index contributed by atoms with van der Waals surface area (Å²) in [6.07, 6.45) is 5.14. The number of aromatic nitrogens is 1. The molecule has 6 heteroatoms. The third-order valence-electron chi connectivity index (χ3n) is 3.81. The first-order valence-electron chi connectivity index (χ1n) is 7.78. The summed E-state index contributed by atoms with van der Waals surface area (Å²) in [5, 5.41) is 8.96. The topological polar surface area (TPSA) is 79.7 Å². The zero-order chi connectivity index (χ0) is 16.9. The van der Waals surface area contributed by atoms with E-state index in [-0.39, 0.29) is 18.5 Å². The molecule has 0 saturated heterocycles. The van der Waals surface area contributed by atoms with Crippen molar-refractivity contribution in [2.45, 2.75) is 25.5 Å². The molecule has 3 rings (SSSR count). The molecular formula is C18H18N2O4. The van der Waals surface area contributed by atoms with E-state index in [4.69, 9.17) is 9.84 Å². The van der Waals surface area contributed by atoms with Crippen molar-refractivity contribution in [1.82, 2.24) is 9.88 Å². The molecule has 0 aliphatic heterocycles. The fraction of sp³-hybridized carbons (Fsp3) is 0.278. The number of carboxylic acid groups (broad SMARTS) is 1. The summed E-state index contributed by atoms with van der Waals surface area (Å²) in [5.74, 6) is -0.590. The Bertz CT molecular complexity index is 712. The van der Waals surface area contributed by atoms with Crippen LogP contribution in [-0.2, 0) is 11.4 Å². The molecule has 1 aliphatic rings. The second kappa shape index (κ2) is 7.12. The second-order valence-electron chi connectivity index (χ2n) is 5.73. The summed E-state index contributed by atoms with van der Waals surface area (Å²) in [7, 11) is 0. The maximum absolute atomic E-state index is 12.5. The molecule has 24 heavy (non-hydrogen) atoms. The van der Waals surface area contributed by atoms with Crippen LogP contribution >= 0.6 is 0 Å². The highest BCUT2D eigenvalue weighted by Crippen LogP contribution is 2.28. The van der Waals surface area contributed by atoms with Crippen LogP contribution in [0, 0.1) is 0 Å². The summed E-state index contributed by atoms with van der Waals surface area (Å²) in [5.41, 5.74) is 1.48. The number of aliphatic carboxylic acids is 1. The molecule has 124 valence electrons. The van der Waals surface area contributed by atoms with Crippen molar-refractivity contribution in [2.24, 2.45) is 0 Å². The first-order valence-corrected chi connectivity index (χ1v) is 7.78. The highest BCUT2D eigenvalue weighted by atomic mass is 16.5. The Labute approximate surface area is 139 Å². The Kier molecular flexibility index (Phi) is 4.74. The Morgan fingerprint density at radius 1 is 1.12 bits per heavy atom. The van der Waals surface area contributed by atoms with Gasteiger partial charge in [-0.1, -0.05) is 0 Å². The first kappa shape index (κ1) is 16.0. The van der Waals surface area contributed by atoms with Gasteiger partial charge in [-0.2, -0.15) is 0 Å². The van der Waals surface area contributed by atoms with Crippen LogP contribution in [0.1, 0.15) is 28.8 Å². The SMILES string of the molecule is O=C(O)CN(C(=O)c1ccc(OCc2ccncc2)cc1)C1CC1. The minimum atomic E-state index is -0.993. The fourth-order valence-corrected chi connectivity index (χ4v) is 2.40. The van der Waals surface area contributed by atoms with Crippen molar-refractivity contribution in [3.05, 3.63) is 59.9 Å². The van der Waals surface area contributed by atoms with Crippen LogP contribution in [0.2, 0.25) is 0 Å². The summed E-state index contributed by atoms with van der Waals surface area (Å²) in [6, 6.07) is 10.6. The first-order chi connectivity index (χ1) is 11.6. The maximum Gasteiger partial charge on any atom is 0.323 e. The molecule has 0 bridgehead atoms. The standard InChI is InChI=1S/C18H18N2O4/c21-17(22)11-20(15-3-4-15)18(23)14-1-5-16(6-2-14)24-12-13-7-9-19-10-8-13/h1-2,5-10,15H,3-4,11-12H2,(H,21,22). The van der Waals surface area contributed by atoms with Gasteiger partial charge in [0.05, 0.1) is 0 Å². The Morgan fingerprint density at radius 2 is 1.79 bits per heavy atom. The number of ether oxygens (including phenoxy) is 1. The molecule has 1 aromatic heterocycles. The normalized spacial score (nSPS) is 13.3. The predicted molar refractivity (Wildman–Crippen MR) is 86.7 cm³/mol. The Hall–Kier alpha value is -2.89. The van der Waals surface area contributed by atoms with Crippen LogP contribution in [0.5, 0.6) is 5.75 Å². The minimum absolute atomic E-state index is 0.0521. The molecule has 1 fully saturated rings. The number of pyridine rings is 1. The van der Waals surface area contributed by atoms with Gasteiger partial charge in [-0.25, -0.2) is 0 Å². The highest BCUT2D eigenvalue weighted by molar-refractivity contribution is 5.96. The monoisotopic (exact) mass is 326 g/mol. The van der Waals surface area contributed by atoms with Crippen LogP contribution < -0.4 is 4.74 Å². The van der Waals surface area contributed by atoms with Crippen LogP contribution in [-0.4, -0.2) is 39.5 Å². The lowest BCUT2D eigenvalue weighted by molar-refractivity contribution is -0.137. The minimum Gasteiger partial charge on any atom is -0.489 e. The largest absolute Gasteiger partial charge is 0.489 e. The van der Waals surface area contributed by atoms with Gasteiger partial charge in [0, 0.05) is 24.0 Å². The van der Waals surface area contributed by atoms with Crippen molar-refractivity contribution >= 4 is 11.9 Å². The van der Waals surface area contributed by atoms with Crippen molar-refractivity contribution < 1.29 is 19.4 Å². The molecule has 1 aliphatic carbocycles. The molecule has 1 aromatic carbocycles. The Morgan fingerprint density at radius 3 is 2.38 bits per heavy atom. The quantitative estimate of drug-likeness (QED) is 0.845. The van der Waals surface area contributed by atoms with E-state index in [9.17, 15) is 9.59 Å². The summed E-state index contributed by atoms with van der Waals surface area (Å²) >= 11 is 0. The average molecular weight is 326 g/mol. The molecular weight excluding hydrogens is 308 g/mol. The molecule has 0 radical (unpaired) electrons. The molecule has 0 unspecified atom stereocenters. The van der Waals surface area contributed by atoms with Gasteiger partial charge in [0.2, 0.25) is 0 Å². The second-order valence-corrected chi connectivity index (χ2v) is 5.73. The van der Waals surface area contributed by atoms with Gasteiger partial charge in [0.15, 0.2) is 0 Å². The van der Waals surface area contributed by atoms with E-state index in [1.165, 1.54) is 4.90 Å². The number of hydrogen-bond acceptors (Lipinski definition) is 4. The number of nitrogens with zero attached hydrogens (tertiary/aromatic N) is 2. The van der Waals surface area contributed by atoms with Crippen LogP contribution in [0.15, 0.2) is 48.8 Å². The molecule has 2 aromatic rings. The molecule has 0 spiro atoms. The van der Waals surface area contributed by atoms with Crippen LogP contribution in [0.3, 0.4) is 0 Å². The smallest absolute Gasteiger partial charge is 0.323 e.